The quantitative estimate of drug-likeness (QED) is 0.718. The largest absolute Gasteiger partial charge is 0.246 e. The number of hydrogen-bond donors (Lipinski definition) is 1. The van der Waals surface area contributed by atoms with Crippen LogP contribution < -0.4 is 0 Å². The molecule has 0 atom stereocenters. The normalized spacial score (nSPS) is 10.9. The maximum atomic E-state index is 4.47. The summed E-state index contributed by atoms with van der Waals surface area (Å²) in [6.45, 7) is 4.34. The molecular formula is C8H13NS2. The van der Waals surface area contributed by atoms with Gasteiger partial charge in [0.15, 0.2) is 0 Å². The topological polar surface area (TPSA) is 12.9 Å². The van der Waals surface area contributed by atoms with Gasteiger partial charge in [0.1, 0.15) is 0 Å². The fraction of sp³-hybridized carbons (Fsp3) is 0.625. The van der Waals surface area contributed by atoms with Gasteiger partial charge in [0.25, 0.3) is 0 Å². The Bertz CT molecular complexity index is 218. The smallest absolute Gasteiger partial charge is 0.0953 e. The van der Waals surface area contributed by atoms with E-state index in [2.05, 4.69) is 36.8 Å². The summed E-state index contributed by atoms with van der Waals surface area (Å²) < 4.78 is 0. The van der Waals surface area contributed by atoms with E-state index in [4.69, 9.17) is 0 Å². The Morgan fingerprint density at radius 2 is 2.36 bits per heavy atom. The van der Waals surface area contributed by atoms with Crippen LogP contribution in [-0.4, -0.2) is 10.7 Å². The Labute approximate surface area is 77.3 Å². The minimum atomic E-state index is 0.564. The van der Waals surface area contributed by atoms with E-state index in [0.29, 0.717) is 5.92 Å². The predicted octanol–water partition coefficient (Wildman–Crippen LogP) is 2.74. The van der Waals surface area contributed by atoms with Crippen molar-refractivity contribution < 1.29 is 0 Å². The van der Waals surface area contributed by atoms with E-state index in [1.807, 2.05) is 0 Å². The second kappa shape index (κ2) is 4.12. The molecule has 1 rings (SSSR count). The Morgan fingerprint density at radius 1 is 1.64 bits per heavy atom. The minimum Gasteiger partial charge on any atom is -0.246 e. The van der Waals surface area contributed by atoms with Crippen LogP contribution in [-0.2, 0) is 6.42 Å². The van der Waals surface area contributed by atoms with Crippen molar-refractivity contribution in [3.63, 3.8) is 0 Å². The number of hydrogen-bond acceptors (Lipinski definition) is 3. The van der Waals surface area contributed by atoms with Crippen molar-refractivity contribution in [3.8, 4) is 0 Å². The van der Waals surface area contributed by atoms with Gasteiger partial charge in [0.2, 0.25) is 0 Å². The first-order valence-electron chi connectivity index (χ1n) is 3.79. The van der Waals surface area contributed by atoms with Crippen LogP contribution in [0.2, 0.25) is 0 Å². The third-order valence-corrected chi connectivity index (χ3v) is 2.85. The van der Waals surface area contributed by atoms with Crippen molar-refractivity contribution in [2.75, 3.05) is 5.75 Å². The zero-order chi connectivity index (χ0) is 8.27. The zero-order valence-corrected chi connectivity index (χ0v) is 8.58. The highest BCUT2D eigenvalue weighted by Crippen LogP contribution is 2.19. The minimum absolute atomic E-state index is 0.564. The fourth-order valence-electron chi connectivity index (χ4n) is 0.817. The van der Waals surface area contributed by atoms with E-state index in [-0.39, 0.29) is 0 Å². The highest BCUT2D eigenvalue weighted by Gasteiger charge is 2.04. The number of thiazole rings is 1. The molecule has 11 heavy (non-hydrogen) atoms. The zero-order valence-electron chi connectivity index (χ0n) is 6.87. The Morgan fingerprint density at radius 3 is 2.82 bits per heavy atom. The van der Waals surface area contributed by atoms with Crippen molar-refractivity contribution in [2.24, 2.45) is 0 Å². The summed E-state index contributed by atoms with van der Waals surface area (Å²) in [5.74, 6) is 1.45. The first-order chi connectivity index (χ1) is 5.24. The molecule has 1 nitrogen and oxygen atoms in total. The van der Waals surface area contributed by atoms with Gasteiger partial charge in [-0.3, -0.25) is 0 Å². The molecule has 0 N–H and O–H groups in total. The van der Waals surface area contributed by atoms with Crippen LogP contribution in [0.5, 0.6) is 0 Å². The summed E-state index contributed by atoms with van der Waals surface area (Å²) in [5, 5.41) is 3.37. The molecule has 1 aromatic rings. The maximum Gasteiger partial charge on any atom is 0.0953 e. The monoisotopic (exact) mass is 187 g/mol. The Balaban J connectivity index is 2.66. The van der Waals surface area contributed by atoms with Gasteiger partial charge in [0, 0.05) is 11.3 Å². The first-order valence-corrected chi connectivity index (χ1v) is 5.30. The number of thiol groups is 1. The molecule has 0 fully saturated rings. The molecule has 1 aromatic heterocycles. The molecule has 0 radical (unpaired) electrons. The van der Waals surface area contributed by atoms with Gasteiger partial charge in [-0.1, -0.05) is 13.8 Å². The van der Waals surface area contributed by atoms with E-state index in [9.17, 15) is 0 Å². The third-order valence-electron chi connectivity index (χ3n) is 1.43. The van der Waals surface area contributed by atoms with E-state index in [1.165, 1.54) is 10.7 Å². The standard InChI is InChI=1S/C8H13NS2/c1-6(2)8-9-7(3-4-10)5-11-8/h5-6,10H,3-4H2,1-2H3. The molecule has 3 heteroatoms. The Hall–Kier alpha value is -0.0200. The number of rotatable bonds is 3. The van der Waals surface area contributed by atoms with E-state index < -0.39 is 0 Å². The lowest BCUT2D eigenvalue weighted by Crippen LogP contribution is -1.89. The molecule has 0 aliphatic carbocycles. The molecule has 0 amide bonds. The van der Waals surface area contributed by atoms with Gasteiger partial charge in [-0.2, -0.15) is 12.6 Å². The maximum absolute atomic E-state index is 4.47. The number of aromatic nitrogens is 1. The summed E-state index contributed by atoms with van der Waals surface area (Å²) in [4.78, 5) is 4.47. The molecule has 0 spiro atoms. The molecule has 62 valence electrons. The fourth-order valence-corrected chi connectivity index (χ4v) is 1.92. The molecule has 0 bridgehead atoms. The third kappa shape index (κ3) is 2.49. The SMILES string of the molecule is CC(C)c1nc(CCS)cs1. The molecule has 1 heterocycles. The molecule has 0 saturated carbocycles. The summed E-state index contributed by atoms with van der Waals surface area (Å²) >= 11 is 5.91. The van der Waals surface area contributed by atoms with Gasteiger partial charge in [0.05, 0.1) is 10.7 Å². The van der Waals surface area contributed by atoms with Gasteiger partial charge < -0.3 is 0 Å². The van der Waals surface area contributed by atoms with Gasteiger partial charge in [-0.15, -0.1) is 11.3 Å². The summed E-state index contributed by atoms with van der Waals surface area (Å²) in [6, 6.07) is 0. The highest BCUT2D eigenvalue weighted by atomic mass is 32.1. The average Bonchev–Trinajstić information content (AvgIpc) is 2.37. The molecule has 0 unspecified atom stereocenters. The molecule has 0 aliphatic heterocycles. The van der Waals surface area contributed by atoms with E-state index in [0.717, 1.165) is 12.2 Å². The summed E-state index contributed by atoms with van der Waals surface area (Å²) in [5.41, 5.74) is 1.19. The van der Waals surface area contributed by atoms with Crippen molar-refractivity contribution in [3.05, 3.63) is 16.1 Å². The molecule has 0 aromatic carbocycles. The van der Waals surface area contributed by atoms with Crippen LogP contribution in [0.25, 0.3) is 0 Å². The van der Waals surface area contributed by atoms with Crippen molar-refractivity contribution in [1.29, 1.82) is 0 Å². The van der Waals surface area contributed by atoms with Crippen molar-refractivity contribution in [2.45, 2.75) is 26.2 Å². The van der Waals surface area contributed by atoms with Gasteiger partial charge >= 0.3 is 0 Å². The van der Waals surface area contributed by atoms with Crippen LogP contribution >= 0.6 is 24.0 Å². The predicted molar refractivity (Wildman–Crippen MR) is 53.8 cm³/mol. The van der Waals surface area contributed by atoms with Crippen molar-refractivity contribution >= 4 is 24.0 Å². The Kier molecular flexibility index (Phi) is 3.40. The number of nitrogens with zero attached hydrogens (tertiary/aromatic N) is 1. The second-order valence-electron chi connectivity index (χ2n) is 2.81. The highest BCUT2D eigenvalue weighted by molar-refractivity contribution is 7.80. The van der Waals surface area contributed by atoms with Crippen LogP contribution in [0.1, 0.15) is 30.5 Å². The molecule has 0 aliphatic rings. The van der Waals surface area contributed by atoms with Crippen LogP contribution in [0, 0.1) is 0 Å². The van der Waals surface area contributed by atoms with Crippen LogP contribution in [0.4, 0.5) is 0 Å². The van der Waals surface area contributed by atoms with Gasteiger partial charge in [-0.25, -0.2) is 4.98 Å². The van der Waals surface area contributed by atoms with Crippen molar-refractivity contribution in [1.82, 2.24) is 4.98 Å². The average molecular weight is 187 g/mol. The molecular weight excluding hydrogens is 174 g/mol. The lowest BCUT2D eigenvalue weighted by molar-refractivity contribution is 0.841. The lowest BCUT2D eigenvalue weighted by Gasteiger charge is -1.95. The number of aryl methyl sites for hydroxylation is 1. The first kappa shape index (κ1) is 9.07. The van der Waals surface area contributed by atoms with E-state index >= 15 is 0 Å². The summed E-state index contributed by atoms with van der Waals surface area (Å²) in [6.07, 6.45) is 0.992. The van der Waals surface area contributed by atoms with E-state index in [1.54, 1.807) is 11.3 Å². The lowest BCUT2D eigenvalue weighted by atomic mass is 10.2. The second-order valence-corrected chi connectivity index (χ2v) is 4.14. The van der Waals surface area contributed by atoms with Crippen LogP contribution in [0.3, 0.4) is 0 Å². The van der Waals surface area contributed by atoms with Crippen LogP contribution in [0.15, 0.2) is 5.38 Å². The molecule has 0 saturated heterocycles. The van der Waals surface area contributed by atoms with Gasteiger partial charge in [-0.05, 0) is 12.2 Å². The summed E-state index contributed by atoms with van der Waals surface area (Å²) in [7, 11) is 0.